The van der Waals surface area contributed by atoms with Gasteiger partial charge in [0.25, 0.3) is 5.91 Å². The minimum absolute atomic E-state index is 0.0581. The molecular weight excluding hydrogens is 378 g/mol. The number of nitrogens with one attached hydrogen (secondary N) is 2. The molecular formula is C19H23N5O3S. The fourth-order valence-corrected chi connectivity index (χ4v) is 3.95. The summed E-state index contributed by atoms with van der Waals surface area (Å²) in [5.74, 6) is -0.156. The van der Waals surface area contributed by atoms with E-state index in [9.17, 15) is 13.2 Å². The number of aromatic amines is 1. The number of aromatic nitrogens is 4. The summed E-state index contributed by atoms with van der Waals surface area (Å²) < 4.78 is 27.8. The molecule has 0 aliphatic heterocycles. The highest BCUT2D eigenvalue weighted by Gasteiger charge is 2.15. The summed E-state index contributed by atoms with van der Waals surface area (Å²) in [6.45, 7) is 3.82. The van der Waals surface area contributed by atoms with E-state index in [2.05, 4.69) is 19.9 Å². The Kier molecular flexibility index (Phi) is 5.93. The van der Waals surface area contributed by atoms with Gasteiger partial charge in [-0.05, 0) is 37.6 Å². The third-order valence-corrected chi connectivity index (χ3v) is 5.66. The summed E-state index contributed by atoms with van der Waals surface area (Å²) in [4.78, 5) is 16.5. The van der Waals surface area contributed by atoms with Gasteiger partial charge >= 0.3 is 0 Å². The summed E-state index contributed by atoms with van der Waals surface area (Å²) in [7, 11) is -3.63. The Morgan fingerprint density at radius 2 is 2.14 bits per heavy atom. The molecule has 0 spiro atoms. The zero-order valence-corrected chi connectivity index (χ0v) is 16.7. The number of carbonyl (C=O) groups is 1. The SMILES string of the molecule is CCCCCS(=O)(=O)NC(=O)C=Cc1c(-n2ccc3cccnc32)n[nH]c1C. The summed E-state index contributed by atoms with van der Waals surface area (Å²) >= 11 is 0. The van der Waals surface area contributed by atoms with Crippen molar-refractivity contribution in [2.45, 2.75) is 33.1 Å². The number of nitrogens with zero attached hydrogens (tertiary/aromatic N) is 3. The van der Waals surface area contributed by atoms with Crippen LogP contribution in [0.25, 0.3) is 22.9 Å². The lowest BCUT2D eigenvalue weighted by molar-refractivity contribution is -0.114. The molecule has 0 atom stereocenters. The van der Waals surface area contributed by atoms with Crippen LogP contribution in [0.5, 0.6) is 0 Å². The van der Waals surface area contributed by atoms with Crippen molar-refractivity contribution >= 4 is 33.0 Å². The van der Waals surface area contributed by atoms with Gasteiger partial charge in [-0.15, -0.1) is 0 Å². The monoisotopic (exact) mass is 401 g/mol. The molecule has 8 nitrogen and oxygen atoms in total. The van der Waals surface area contributed by atoms with Gasteiger partial charge in [0.2, 0.25) is 10.0 Å². The van der Waals surface area contributed by atoms with E-state index in [1.807, 2.05) is 42.8 Å². The molecule has 0 bridgehead atoms. The molecule has 3 heterocycles. The van der Waals surface area contributed by atoms with Gasteiger partial charge in [-0.2, -0.15) is 5.10 Å². The Balaban J connectivity index is 1.80. The van der Waals surface area contributed by atoms with Gasteiger partial charge in [-0.3, -0.25) is 14.5 Å². The van der Waals surface area contributed by atoms with Gasteiger partial charge in [-0.25, -0.2) is 18.1 Å². The summed E-state index contributed by atoms with van der Waals surface area (Å²) in [5.41, 5.74) is 2.18. The van der Waals surface area contributed by atoms with Gasteiger partial charge in [0.15, 0.2) is 5.82 Å². The molecule has 1 amide bonds. The zero-order chi connectivity index (χ0) is 20.1. The van der Waals surface area contributed by atoms with Crippen LogP contribution in [0.2, 0.25) is 0 Å². The van der Waals surface area contributed by atoms with Gasteiger partial charge < -0.3 is 0 Å². The largest absolute Gasteiger partial charge is 0.283 e. The number of sulfonamides is 1. The number of aryl methyl sites for hydroxylation is 1. The Bertz CT molecular complexity index is 1110. The molecule has 0 saturated heterocycles. The number of H-pyrrole nitrogens is 1. The van der Waals surface area contributed by atoms with E-state index in [1.54, 1.807) is 12.3 Å². The first kappa shape index (κ1) is 19.8. The second-order valence-corrected chi connectivity index (χ2v) is 8.36. The fourth-order valence-electron chi connectivity index (χ4n) is 2.88. The summed E-state index contributed by atoms with van der Waals surface area (Å²) in [6, 6.07) is 5.73. The molecule has 28 heavy (non-hydrogen) atoms. The van der Waals surface area contributed by atoms with Gasteiger partial charge in [0.1, 0.15) is 5.65 Å². The molecule has 3 aromatic heterocycles. The van der Waals surface area contributed by atoms with E-state index < -0.39 is 15.9 Å². The lowest BCUT2D eigenvalue weighted by atomic mass is 10.2. The number of pyridine rings is 1. The highest BCUT2D eigenvalue weighted by molar-refractivity contribution is 7.90. The molecule has 148 valence electrons. The average molecular weight is 401 g/mol. The van der Waals surface area contributed by atoms with Crippen molar-refractivity contribution in [3.63, 3.8) is 0 Å². The molecule has 3 aromatic rings. The van der Waals surface area contributed by atoms with Crippen LogP contribution < -0.4 is 4.72 Å². The number of hydrogen-bond acceptors (Lipinski definition) is 5. The van der Waals surface area contributed by atoms with Gasteiger partial charge in [0.05, 0.1) is 5.75 Å². The van der Waals surface area contributed by atoms with Gasteiger partial charge in [0, 0.05) is 35.1 Å². The first-order valence-electron chi connectivity index (χ1n) is 9.11. The summed E-state index contributed by atoms with van der Waals surface area (Å²) in [6.07, 6.45) is 8.56. The molecule has 0 fully saturated rings. The molecule has 0 aliphatic carbocycles. The third-order valence-electron chi connectivity index (χ3n) is 4.32. The van der Waals surface area contributed by atoms with Crippen molar-refractivity contribution < 1.29 is 13.2 Å². The highest BCUT2D eigenvalue weighted by atomic mass is 32.2. The van der Waals surface area contributed by atoms with Crippen LogP contribution in [0.1, 0.15) is 37.4 Å². The topological polar surface area (TPSA) is 110 Å². The van der Waals surface area contributed by atoms with E-state index in [0.717, 1.165) is 29.6 Å². The van der Waals surface area contributed by atoms with Crippen molar-refractivity contribution in [2.24, 2.45) is 0 Å². The minimum atomic E-state index is -3.63. The minimum Gasteiger partial charge on any atom is -0.283 e. The first-order chi connectivity index (χ1) is 13.4. The number of fused-ring (bicyclic) bond motifs is 1. The number of hydrogen-bond donors (Lipinski definition) is 2. The van der Waals surface area contributed by atoms with Crippen LogP contribution in [0, 0.1) is 6.92 Å². The molecule has 0 aliphatic rings. The van der Waals surface area contributed by atoms with Crippen LogP contribution in [-0.2, 0) is 14.8 Å². The maximum absolute atomic E-state index is 12.1. The second kappa shape index (κ2) is 8.39. The Morgan fingerprint density at radius 1 is 1.32 bits per heavy atom. The van der Waals surface area contributed by atoms with E-state index in [4.69, 9.17) is 0 Å². The van der Waals surface area contributed by atoms with Crippen molar-refractivity contribution in [3.05, 3.63) is 47.9 Å². The van der Waals surface area contributed by atoms with E-state index in [-0.39, 0.29) is 5.75 Å². The Morgan fingerprint density at radius 3 is 2.93 bits per heavy atom. The maximum atomic E-state index is 12.1. The average Bonchev–Trinajstić information content (AvgIpc) is 3.23. The molecule has 0 unspecified atom stereocenters. The van der Waals surface area contributed by atoms with E-state index in [0.29, 0.717) is 17.8 Å². The third kappa shape index (κ3) is 4.48. The Labute approximate surface area is 163 Å². The predicted octanol–water partition coefficient (Wildman–Crippen LogP) is 2.71. The van der Waals surface area contributed by atoms with Crippen molar-refractivity contribution in [2.75, 3.05) is 5.75 Å². The molecule has 0 aromatic carbocycles. The van der Waals surface area contributed by atoms with Crippen LogP contribution in [-0.4, -0.2) is 39.8 Å². The highest BCUT2D eigenvalue weighted by Crippen LogP contribution is 2.22. The van der Waals surface area contributed by atoms with E-state index >= 15 is 0 Å². The molecule has 9 heteroatoms. The number of amides is 1. The maximum Gasteiger partial charge on any atom is 0.257 e. The first-order valence-corrected chi connectivity index (χ1v) is 10.8. The second-order valence-electron chi connectivity index (χ2n) is 6.51. The number of rotatable bonds is 8. The zero-order valence-electron chi connectivity index (χ0n) is 15.8. The lowest BCUT2D eigenvalue weighted by Crippen LogP contribution is -2.31. The predicted molar refractivity (Wildman–Crippen MR) is 108 cm³/mol. The van der Waals surface area contributed by atoms with Crippen LogP contribution >= 0.6 is 0 Å². The molecule has 3 rings (SSSR count). The smallest absolute Gasteiger partial charge is 0.257 e. The van der Waals surface area contributed by atoms with Crippen molar-refractivity contribution in [1.29, 1.82) is 0 Å². The normalized spacial score (nSPS) is 12.1. The molecule has 0 saturated carbocycles. The molecule has 0 radical (unpaired) electrons. The lowest BCUT2D eigenvalue weighted by Gasteiger charge is -2.04. The van der Waals surface area contributed by atoms with Crippen LogP contribution in [0.4, 0.5) is 0 Å². The number of unbranched alkanes of at least 4 members (excludes halogenated alkanes) is 2. The standard InChI is InChI=1S/C19H23N5O3S/c1-3-4-5-13-28(26,27)23-17(25)9-8-16-14(2)21-22-19(16)24-12-10-15-7-6-11-20-18(15)24/h6-12H,3-5,13H2,1-2H3,(H,21,22)(H,23,25). The quantitative estimate of drug-likeness (QED) is 0.445. The van der Waals surface area contributed by atoms with Crippen LogP contribution in [0.15, 0.2) is 36.7 Å². The Hall–Kier alpha value is -2.94. The van der Waals surface area contributed by atoms with Crippen LogP contribution in [0.3, 0.4) is 0 Å². The number of carbonyl (C=O) groups excluding carboxylic acids is 1. The fraction of sp³-hybridized carbons (Fsp3) is 0.316. The van der Waals surface area contributed by atoms with Gasteiger partial charge in [-0.1, -0.05) is 19.8 Å². The van der Waals surface area contributed by atoms with E-state index in [1.165, 1.54) is 6.08 Å². The van der Waals surface area contributed by atoms with Crippen molar-refractivity contribution in [1.82, 2.24) is 24.5 Å². The van der Waals surface area contributed by atoms with Crippen molar-refractivity contribution in [3.8, 4) is 5.82 Å². The molecule has 2 N–H and O–H groups in total. The summed E-state index contributed by atoms with van der Waals surface area (Å²) in [5, 5.41) is 8.17.